The molecule has 1 aromatic carbocycles. The Morgan fingerprint density at radius 1 is 1.15 bits per heavy atom. The van der Waals surface area contributed by atoms with Crippen LogP contribution in [-0.4, -0.2) is 10.7 Å². The summed E-state index contributed by atoms with van der Waals surface area (Å²) in [5.74, 6) is 0. The first kappa shape index (κ1) is 14.5. The molecule has 0 aliphatic heterocycles. The maximum Gasteiger partial charge on any atom is 0.253 e. The van der Waals surface area contributed by atoms with E-state index in [1.807, 2.05) is 50.4 Å². The second kappa shape index (κ2) is 7.06. The fourth-order valence-corrected chi connectivity index (χ4v) is 2.05. The summed E-state index contributed by atoms with van der Waals surface area (Å²) >= 11 is 0. The second-order valence-corrected chi connectivity index (χ2v) is 5.09. The van der Waals surface area contributed by atoms with Crippen LogP contribution in [0.4, 0.5) is 0 Å². The van der Waals surface area contributed by atoms with Gasteiger partial charge in [0, 0.05) is 18.3 Å². The molecule has 0 saturated carbocycles. The first-order valence-corrected chi connectivity index (χ1v) is 6.98. The van der Waals surface area contributed by atoms with Crippen molar-refractivity contribution >= 4 is 0 Å². The van der Waals surface area contributed by atoms with Crippen molar-refractivity contribution in [3.8, 4) is 0 Å². The van der Waals surface area contributed by atoms with Gasteiger partial charge in [-0.25, -0.2) is 0 Å². The number of ether oxygens (including phenoxy) is 1. The molecule has 106 valence electrons. The van der Waals surface area contributed by atoms with Crippen molar-refractivity contribution in [1.82, 2.24) is 4.57 Å². The molecule has 0 aliphatic carbocycles. The zero-order chi connectivity index (χ0) is 14.4. The van der Waals surface area contributed by atoms with Gasteiger partial charge in [0.15, 0.2) is 0 Å². The lowest BCUT2D eigenvalue weighted by atomic mass is 10.2. The minimum absolute atomic E-state index is 0.0859. The molecule has 3 heteroatoms. The number of aromatic nitrogens is 1. The van der Waals surface area contributed by atoms with Gasteiger partial charge in [-0.1, -0.05) is 36.4 Å². The fourth-order valence-electron chi connectivity index (χ4n) is 2.05. The van der Waals surface area contributed by atoms with Crippen LogP contribution >= 0.6 is 0 Å². The molecule has 2 rings (SSSR count). The largest absolute Gasteiger partial charge is 0.374 e. The van der Waals surface area contributed by atoms with Gasteiger partial charge in [-0.15, -0.1) is 0 Å². The van der Waals surface area contributed by atoms with E-state index in [9.17, 15) is 4.79 Å². The molecular weight excluding hydrogens is 250 g/mol. The minimum Gasteiger partial charge on any atom is -0.374 e. The van der Waals surface area contributed by atoms with E-state index in [1.165, 1.54) is 5.56 Å². The number of pyridine rings is 1. The van der Waals surface area contributed by atoms with Gasteiger partial charge in [0.2, 0.25) is 0 Å². The smallest absolute Gasteiger partial charge is 0.253 e. The fraction of sp³-hybridized carbons (Fsp3) is 0.353. The highest BCUT2D eigenvalue weighted by Gasteiger charge is 2.05. The van der Waals surface area contributed by atoms with E-state index >= 15 is 0 Å². The molecule has 0 aliphatic rings. The Kier molecular flexibility index (Phi) is 5.13. The summed E-state index contributed by atoms with van der Waals surface area (Å²) in [5.41, 5.74) is 2.04. The van der Waals surface area contributed by atoms with E-state index in [1.54, 1.807) is 4.57 Å². The number of benzene rings is 1. The molecule has 0 radical (unpaired) electrons. The number of hydrogen-bond donors (Lipinski definition) is 0. The molecule has 20 heavy (non-hydrogen) atoms. The highest BCUT2D eigenvalue weighted by molar-refractivity contribution is 5.13. The van der Waals surface area contributed by atoms with Crippen LogP contribution in [0.25, 0.3) is 0 Å². The Labute approximate surface area is 119 Å². The Bertz CT molecular complexity index is 589. The van der Waals surface area contributed by atoms with Gasteiger partial charge in [0.25, 0.3) is 5.56 Å². The Morgan fingerprint density at radius 3 is 2.65 bits per heavy atom. The summed E-state index contributed by atoms with van der Waals surface area (Å²) < 4.78 is 7.55. The van der Waals surface area contributed by atoms with Crippen LogP contribution in [-0.2, 0) is 17.9 Å². The molecule has 1 aromatic heterocycles. The lowest BCUT2D eigenvalue weighted by Crippen LogP contribution is -2.23. The predicted octanol–water partition coefficient (Wildman–Crippen LogP) is 3.15. The highest BCUT2D eigenvalue weighted by atomic mass is 16.5. The van der Waals surface area contributed by atoms with Gasteiger partial charge in [0.05, 0.1) is 12.7 Å². The summed E-state index contributed by atoms with van der Waals surface area (Å²) in [6.45, 7) is 5.19. The van der Waals surface area contributed by atoms with Crippen LogP contribution in [0.5, 0.6) is 0 Å². The molecule has 0 fully saturated rings. The van der Waals surface area contributed by atoms with Gasteiger partial charge in [-0.2, -0.15) is 0 Å². The quantitative estimate of drug-likeness (QED) is 0.808. The first-order chi connectivity index (χ1) is 9.66. The normalized spacial score (nSPS) is 12.3. The molecular formula is C17H21NO2. The second-order valence-electron chi connectivity index (χ2n) is 5.09. The molecule has 3 nitrogen and oxygen atoms in total. The Balaban J connectivity index is 1.82. The van der Waals surface area contributed by atoms with Gasteiger partial charge in [-0.05, 0) is 31.9 Å². The van der Waals surface area contributed by atoms with Crippen LogP contribution in [0, 0.1) is 6.92 Å². The molecule has 0 spiro atoms. The molecule has 1 atom stereocenters. The molecule has 2 aromatic rings. The number of hydrogen-bond acceptors (Lipinski definition) is 2. The van der Waals surface area contributed by atoms with Gasteiger partial charge >= 0.3 is 0 Å². The molecule has 1 heterocycles. The predicted molar refractivity (Wildman–Crippen MR) is 80.7 cm³/mol. The monoisotopic (exact) mass is 271 g/mol. The van der Waals surface area contributed by atoms with Crippen molar-refractivity contribution in [3.63, 3.8) is 0 Å². The van der Waals surface area contributed by atoms with Gasteiger partial charge in [-0.3, -0.25) is 4.79 Å². The van der Waals surface area contributed by atoms with E-state index in [4.69, 9.17) is 4.74 Å². The third-order valence-corrected chi connectivity index (χ3v) is 3.36. The van der Waals surface area contributed by atoms with Gasteiger partial charge in [0.1, 0.15) is 0 Å². The Hall–Kier alpha value is -1.87. The number of rotatable bonds is 6. The number of aryl methyl sites for hydroxylation is 2. The van der Waals surface area contributed by atoms with Crippen LogP contribution < -0.4 is 5.56 Å². The lowest BCUT2D eigenvalue weighted by Gasteiger charge is -2.14. The summed E-state index contributed by atoms with van der Waals surface area (Å²) in [5, 5.41) is 0. The summed E-state index contributed by atoms with van der Waals surface area (Å²) in [6.07, 6.45) is 2.79. The van der Waals surface area contributed by atoms with Crippen molar-refractivity contribution in [3.05, 3.63) is 70.1 Å². The first-order valence-electron chi connectivity index (χ1n) is 6.98. The average Bonchev–Trinajstić information content (AvgIpc) is 2.48. The van der Waals surface area contributed by atoms with Crippen molar-refractivity contribution < 1.29 is 4.74 Å². The zero-order valence-electron chi connectivity index (χ0n) is 12.1. The van der Waals surface area contributed by atoms with Crippen molar-refractivity contribution in [2.45, 2.75) is 39.5 Å². The van der Waals surface area contributed by atoms with E-state index in [2.05, 4.69) is 12.1 Å². The highest BCUT2D eigenvalue weighted by Crippen LogP contribution is 2.06. The SMILES string of the molecule is Cc1cccn(CC[C@H](C)OCc2ccccc2)c1=O. The average molecular weight is 271 g/mol. The summed E-state index contributed by atoms with van der Waals surface area (Å²) in [7, 11) is 0. The van der Waals surface area contributed by atoms with Crippen molar-refractivity contribution in [1.29, 1.82) is 0 Å². The van der Waals surface area contributed by atoms with E-state index in [0.717, 1.165) is 12.0 Å². The Morgan fingerprint density at radius 2 is 1.90 bits per heavy atom. The number of nitrogens with zero attached hydrogens (tertiary/aromatic N) is 1. The molecule has 0 N–H and O–H groups in total. The van der Waals surface area contributed by atoms with Crippen LogP contribution in [0.15, 0.2) is 53.5 Å². The lowest BCUT2D eigenvalue weighted by molar-refractivity contribution is 0.0446. The van der Waals surface area contributed by atoms with Crippen LogP contribution in [0.3, 0.4) is 0 Å². The molecule has 0 unspecified atom stereocenters. The minimum atomic E-state index is 0.0859. The van der Waals surface area contributed by atoms with Crippen LogP contribution in [0.2, 0.25) is 0 Å². The molecule has 0 bridgehead atoms. The van der Waals surface area contributed by atoms with Crippen molar-refractivity contribution in [2.75, 3.05) is 0 Å². The van der Waals surface area contributed by atoms with E-state index in [-0.39, 0.29) is 11.7 Å². The standard InChI is InChI=1S/C17H21NO2/c1-14-7-6-11-18(17(14)19)12-10-15(2)20-13-16-8-4-3-5-9-16/h3-9,11,15H,10,12-13H2,1-2H3/t15-/m0/s1. The topological polar surface area (TPSA) is 31.2 Å². The van der Waals surface area contributed by atoms with Crippen molar-refractivity contribution in [2.24, 2.45) is 0 Å². The maximum atomic E-state index is 11.9. The summed E-state index contributed by atoms with van der Waals surface area (Å²) in [6, 6.07) is 13.9. The zero-order valence-corrected chi connectivity index (χ0v) is 12.1. The maximum absolute atomic E-state index is 11.9. The summed E-state index contributed by atoms with van der Waals surface area (Å²) in [4.78, 5) is 11.9. The third kappa shape index (κ3) is 4.07. The van der Waals surface area contributed by atoms with Gasteiger partial charge < -0.3 is 9.30 Å². The van der Waals surface area contributed by atoms with E-state index < -0.39 is 0 Å². The van der Waals surface area contributed by atoms with E-state index in [0.29, 0.717) is 13.2 Å². The molecule has 0 amide bonds. The third-order valence-electron chi connectivity index (χ3n) is 3.36. The molecule has 0 saturated heterocycles. The van der Waals surface area contributed by atoms with Crippen LogP contribution in [0.1, 0.15) is 24.5 Å².